The Bertz CT molecular complexity index is 380. The number of rotatable bonds is 5. The number of nitrogens with zero attached hydrogens (tertiary/aromatic N) is 2. The van der Waals surface area contributed by atoms with E-state index >= 15 is 0 Å². The first-order chi connectivity index (χ1) is 7.77. The van der Waals surface area contributed by atoms with Gasteiger partial charge in [-0.2, -0.15) is 5.26 Å². The molecule has 0 aliphatic carbocycles. The number of unbranched alkanes of at least 4 members (excludes halogenated alkanes) is 1. The second-order valence-corrected chi connectivity index (χ2v) is 3.30. The molecule has 0 radical (unpaired) electrons. The van der Waals surface area contributed by atoms with Crippen molar-refractivity contribution in [2.45, 2.75) is 12.8 Å². The number of aromatic nitrogens is 1. The molecule has 0 aliphatic rings. The molecular weight excluding hydrogens is 204 g/mol. The highest BCUT2D eigenvalue weighted by Crippen LogP contribution is 1.98. The van der Waals surface area contributed by atoms with Gasteiger partial charge in [-0.25, -0.2) is 4.98 Å². The molecule has 16 heavy (non-hydrogen) atoms. The van der Waals surface area contributed by atoms with Crippen molar-refractivity contribution in [3.8, 4) is 6.07 Å². The molecule has 0 bridgehead atoms. The molecular formula is C11H14N4O. The standard InChI is InChI=1S/C11H14N4O/c12-5-1-2-6-14-11(16)10-4-3-9(7-13)8-15-10/h3-4,8H,1-2,5-6,12H2,(H,14,16). The van der Waals surface area contributed by atoms with E-state index in [9.17, 15) is 4.79 Å². The highest BCUT2D eigenvalue weighted by molar-refractivity contribution is 5.92. The lowest BCUT2D eigenvalue weighted by Crippen LogP contribution is -2.25. The highest BCUT2D eigenvalue weighted by atomic mass is 16.1. The molecule has 1 aromatic rings. The summed E-state index contributed by atoms with van der Waals surface area (Å²) in [5, 5.41) is 11.3. The van der Waals surface area contributed by atoms with Crippen LogP contribution in [0.5, 0.6) is 0 Å². The number of hydrogen-bond acceptors (Lipinski definition) is 4. The lowest BCUT2D eigenvalue weighted by Gasteiger charge is -2.03. The molecule has 0 unspecified atom stereocenters. The van der Waals surface area contributed by atoms with Crippen LogP contribution >= 0.6 is 0 Å². The number of nitrogens with two attached hydrogens (primary N) is 1. The van der Waals surface area contributed by atoms with E-state index < -0.39 is 0 Å². The van der Waals surface area contributed by atoms with Gasteiger partial charge in [-0.3, -0.25) is 4.79 Å². The van der Waals surface area contributed by atoms with Crippen LogP contribution in [0.15, 0.2) is 18.3 Å². The molecule has 5 nitrogen and oxygen atoms in total. The Kier molecular flexibility index (Phi) is 4.96. The van der Waals surface area contributed by atoms with Crippen LogP contribution in [0.3, 0.4) is 0 Å². The minimum atomic E-state index is -0.221. The predicted octanol–water partition coefficient (Wildman–Crippen LogP) is 0.422. The molecule has 1 heterocycles. The van der Waals surface area contributed by atoms with Crippen LogP contribution in [0, 0.1) is 11.3 Å². The van der Waals surface area contributed by atoms with Gasteiger partial charge in [0.05, 0.1) is 5.56 Å². The maximum Gasteiger partial charge on any atom is 0.269 e. The Morgan fingerprint density at radius 2 is 2.31 bits per heavy atom. The van der Waals surface area contributed by atoms with Gasteiger partial charge in [-0.15, -0.1) is 0 Å². The van der Waals surface area contributed by atoms with Gasteiger partial charge < -0.3 is 11.1 Å². The van der Waals surface area contributed by atoms with Crippen molar-refractivity contribution in [3.05, 3.63) is 29.6 Å². The highest BCUT2D eigenvalue weighted by Gasteiger charge is 2.05. The monoisotopic (exact) mass is 218 g/mol. The summed E-state index contributed by atoms with van der Waals surface area (Å²) in [5.41, 5.74) is 6.10. The summed E-state index contributed by atoms with van der Waals surface area (Å²) in [4.78, 5) is 15.4. The molecule has 1 rings (SSSR count). The lowest BCUT2D eigenvalue weighted by molar-refractivity contribution is 0.0948. The van der Waals surface area contributed by atoms with Crippen molar-refractivity contribution in [2.24, 2.45) is 5.73 Å². The predicted molar refractivity (Wildman–Crippen MR) is 59.6 cm³/mol. The second kappa shape index (κ2) is 6.53. The van der Waals surface area contributed by atoms with Gasteiger partial charge >= 0.3 is 0 Å². The molecule has 5 heteroatoms. The van der Waals surface area contributed by atoms with Crippen molar-refractivity contribution in [1.82, 2.24) is 10.3 Å². The number of pyridine rings is 1. The molecule has 1 amide bonds. The summed E-state index contributed by atoms with van der Waals surface area (Å²) in [6.07, 6.45) is 3.13. The fourth-order valence-electron chi connectivity index (χ4n) is 1.16. The smallest absolute Gasteiger partial charge is 0.269 e. The zero-order valence-corrected chi connectivity index (χ0v) is 8.94. The molecule has 0 spiro atoms. The molecule has 84 valence electrons. The summed E-state index contributed by atoms with van der Waals surface area (Å²) in [6.45, 7) is 1.22. The van der Waals surface area contributed by atoms with Crippen LogP contribution in [0.25, 0.3) is 0 Å². The van der Waals surface area contributed by atoms with E-state index in [0.717, 1.165) is 12.8 Å². The first-order valence-electron chi connectivity index (χ1n) is 5.12. The van der Waals surface area contributed by atoms with Gasteiger partial charge in [-0.05, 0) is 31.5 Å². The molecule has 0 atom stereocenters. The van der Waals surface area contributed by atoms with Crippen LogP contribution in [0.4, 0.5) is 0 Å². The first kappa shape index (κ1) is 12.1. The third-order valence-corrected chi connectivity index (χ3v) is 2.04. The average molecular weight is 218 g/mol. The summed E-state index contributed by atoms with van der Waals surface area (Å²) in [5.74, 6) is -0.221. The fourth-order valence-corrected chi connectivity index (χ4v) is 1.16. The summed E-state index contributed by atoms with van der Waals surface area (Å²) in [7, 11) is 0. The molecule has 0 saturated heterocycles. The summed E-state index contributed by atoms with van der Waals surface area (Å²) >= 11 is 0. The van der Waals surface area contributed by atoms with Crippen molar-refractivity contribution in [1.29, 1.82) is 5.26 Å². The van der Waals surface area contributed by atoms with E-state index in [4.69, 9.17) is 11.0 Å². The van der Waals surface area contributed by atoms with Gasteiger partial charge in [0.2, 0.25) is 0 Å². The fraction of sp³-hybridized carbons (Fsp3) is 0.364. The normalized spacial score (nSPS) is 9.50. The van der Waals surface area contributed by atoms with Crippen molar-refractivity contribution < 1.29 is 4.79 Å². The molecule has 0 saturated carbocycles. The van der Waals surface area contributed by atoms with Crippen molar-refractivity contribution in [3.63, 3.8) is 0 Å². The van der Waals surface area contributed by atoms with Crippen LogP contribution in [-0.2, 0) is 0 Å². The van der Waals surface area contributed by atoms with Crippen LogP contribution in [-0.4, -0.2) is 24.0 Å². The zero-order valence-electron chi connectivity index (χ0n) is 8.94. The Hall–Kier alpha value is -1.93. The van der Waals surface area contributed by atoms with E-state index in [1.165, 1.54) is 12.3 Å². The molecule has 0 aromatic carbocycles. The molecule has 0 aliphatic heterocycles. The van der Waals surface area contributed by atoms with Gasteiger partial charge in [0.25, 0.3) is 5.91 Å². The summed E-state index contributed by atoms with van der Waals surface area (Å²) in [6, 6.07) is 5.05. The topological polar surface area (TPSA) is 91.8 Å². The van der Waals surface area contributed by atoms with Gasteiger partial charge in [0.1, 0.15) is 11.8 Å². The number of nitriles is 1. The number of carbonyl (C=O) groups excluding carboxylic acids is 1. The first-order valence-corrected chi connectivity index (χ1v) is 5.12. The van der Waals surface area contributed by atoms with Crippen LogP contribution in [0.2, 0.25) is 0 Å². The van der Waals surface area contributed by atoms with Gasteiger partial charge in [-0.1, -0.05) is 0 Å². The molecule has 1 aromatic heterocycles. The Balaban J connectivity index is 2.44. The van der Waals surface area contributed by atoms with Crippen molar-refractivity contribution >= 4 is 5.91 Å². The maximum absolute atomic E-state index is 11.5. The molecule has 0 fully saturated rings. The minimum absolute atomic E-state index is 0.221. The lowest BCUT2D eigenvalue weighted by atomic mass is 10.2. The van der Waals surface area contributed by atoms with Gasteiger partial charge in [0, 0.05) is 12.7 Å². The third kappa shape index (κ3) is 3.67. The Labute approximate surface area is 94.3 Å². The van der Waals surface area contributed by atoms with E-state index in [1.54, 1.807) is 6.07 Å². The number of carbonyl (C=O) groups is 1. The van der Waals surface area contributed by atoms with E-state index in [-0.39, 0.29) is 5.91 Å². The average Bonchev–Trinajstić information content (AvgIpc) is 2.34. The molecule has 3 N–H and O–H groups in total. The quantitative estimate of drug-likeness (QED) is 0.701. The van der Waals surface area contributed by atoms with E-state index in [2.05, 4.69) is 10.3 Å². The minimum Gasteiger partial charge on any atom is -0.351 e. The Morgan fingerprint density at radius 3 is 2.88 bits per heavy atom. The maximum atomic E-state index is 11.5. The SMILES string of the molecule is N#Cc1ccc(C(=O)NCCCCN)nc1. The number of nitrogens with one attached hydrogen (secondary N) is 1. The zero-order chi connectivity index (χ0) is 11.8. The Morgan fingerprint density at radius 1 is 1.50 bits per heavy atom. The van der Waals surface area contributed by atoms with Gasteiger partial charge in [0.15, 0.2) is 0 Å². The van der Waals surface area contributed by atoms with Crippen LogP contribution in [0.1, 0.15) is 28.9 Å². The third-order valence-electron chi connectivity index (χ3n) is 2.04. The van der Waals surface area contributed by atoms with E-state index in [1.807, 2.05) is 6.07 Å². The largest absolute Gasteiger partial charge is 0.351 e. The number of hydrogen-bond donors (Lipinski definition) is 2. The van der Waals surface area contributed by atoms with Crippen molar-refractivity contribution in [2.75, 3.05) is 13.1 Å². The summed E-state index contributed by atoms with van der Waals surface area (Å²) < 4.78 is 0. The van der Waals surface area contributed by atoms with Crippen LogP contribution < -0.4 is 11.1 Å². The van der Waals surface area contributed by atoms with E-state index in [0.29, 0.717) is 24.3 Å². The second-order valence-electron chi connectivity index (χ2n) is 3.30. The number of amides is 1.